The molecule has 0 aliphatic carbocycles. The van der Waals surface area contributed by atoms with Crippen molar-refractivity contribution in [3.63, 3.8) is 0 Å². The minimum Gasteiger partial charge on any atom is -0.480 e. The summed E-state index contributed by atoms with van der Waals surface area (Å²) in [4.78, 5) is 42.1. The lowest BCUT2D eigenvalue weighted by Crippen LogP contribution is -2.50. The zero-order chi connectivity index (χ0) is 18.4. The Morgan fingerprint density at radius 3 is 2.20 bits per heavy atom. The number of hydrogen-bond acceptors (Lipinski definition) is 4. The van der Waals surface area contributed by atoms with E-state index in [1.807, 2.05) is 0 Å². The van der Waals surface area contributed by atoms with E-state index < -0.39 is 17.9 Å². The molecule has 0 spiro atoms. The number of aliphatic carboxylic acids is 1. The number of rotatable bonds is 7. The van der Waals surface area contributed by atoms with E-state index in [-0.39, 0.29) is 23.8 Å². The van der Waals surface area contributed by atoms with Crippen molar-refractivity contribution in [2.45, 2.75) is 19.9 Å². The number of carbonyl (C=O) groups excluding carboxylic acids is 2. The van der Waals surface area contributed by atoms with Gasteiger partial charge in [0.1, 0.15) is 6.04 Å². The fourth-order valence-corrected chi connectivity index (χ4v) is 2.60. The highest BCUT2D eigenvalue weighted by molar-refractivity contribution is 6.03. The van der Waals surface area contributed by atoms with Crippen LogP contribution in [-0.4, -0.2) is 45.2 Å². The van der Waals surface area contributed by atoms with Crippen molar-refractivity contribution in [2.75, 3.05) is 6.54 Å². The van der Waals surface area contributed by atoms with E-state index in [4.69, 9.17) is 0 Å². The number of carboxylic acid groups (broad SMARTS) is 1. The molecule has 0 unspecified atom stereocenters. The predicted molar refractivity (Wildman–Crippen MR) is 92.3 cm³/mol. The molecule has 0 aliphatic heterocycles. The lowest BCUT2D eigenvalue weighted by Gasteiger charge is -2.31. The molecule has 1 heterocycles. The van der Waals surface area contributed by atoms with Crippen molar-refractivity contribution >= 4 is 17.7 Å². The third kappa shape index (κ3) is 4.50. The first-order valence-corrected chi connectivity index (χ1v) is 7.94. The maximum Gasteiger partial charge on any atom is 0.326 e. The van der Waals surface area contributed by atoms with Gasteiger partial charge in [-0.3, -0.25) is 14.6 Å². The quantitative estimate of drug-likeness (QED) is 0.783. The van der Waals surface area contributed by atoms with E-state index in [0.717, 1.165) is 4.90 Å². The van der Waals surface area contributed by atoms with Crippen molar-refractivity contribution in [2.24, 2.45) is 5.92 Å². The lowest BCUT2D eigenvalue weighted by molar-refractivity contribution is -0.143. The highest BCUT2D eigenvalue weighted by Crippen LogP contribution is 2.16. The summed E-state index contributed by atoms with van der Waals surface area (Å²) in [5, 5.41) is 9.57. The van der Waals surface area contributed by atoms with Crippen molar-refractivity contribution in [3.8, 4) is 0 Å². The van der Waals surface area contributed by atoms with Gasteiger partial charge in [0.25, 0.3) is 5.91 Å². The van der Waals surface area contributed by atoms with Gasteiger partial charge >= 0.3 is 5.97 Å². The first kappa shape index (κ1) is 18.3. The van der Waals surface area contributed by atoms with Gasteiger partial charge in [-0.25, -0.2) is 4.79 Å². The number of hydrogen-bond donors (Lipinski definition) is 1. The van der Waals surface area contributed by atoms with Crippen LogP contribution in [0.3, 0.4) is 0 Å². The number of nitrogens with zero attached hydrogens (tertiary/aromatic N) is 2. The Balaban J connectivity index is 2.36. The van der Waals surface area contributed by atoms with E-state index in [1.165, 1.54) is 12.4 Å². The molecule has 0 saturated carbocycles. The number of carboxylic acids is 1. The van der Waals surface area contributed by atoms with Crippen LogP contribution in [0.25, 0.3) is 0 Å². The third-order valence-corrected chi connectivity index (χ3v) is 3.80. The van der Waals surface area contributed by atoms with E-state index >= 15 is 0 Å². The Hall–Kier alpha value is -3.02. The van der Waals surface area contributed by atoms with Crippen LogP contribution in [0.15, 0.2) is 54.9 Å². The summed E-state index contributed by atoms with van der Waals surface area (Å²) in [7, 11) is 0. The number of aromatic nitrogens is 1. The molecule has 2 aromatic rings. The predicted octanol–water partition coefficient (Wildman–Crippen LogP) is 2.52. The van der Waals surface area contributed by atoms with Gasteiger partial charge in [-0.05, 0) is 18.1 Å². The Morgan fingerprint density at radius 1 is 1.04 bits per heavy atom. The van der Waals surface area contributed by atoms with Crippen LogP contribution in [0.4, 0.5) is 0 Å². The van der Waals surface area contributed by atoms with Crippen molar-refractivity contribution in [3.05, 3.63) is 66.0 Å². The Kier molecular flexibility index (Phi) is 6.00. The molecular weight excluding hydrogens is 320 g/mol. The first-order valence-electron chi connectivity index (χ1n) is 7.94. The molecular formula is C19H20N2O4. The molecule has 1 aromatic heterocycles. The van der Waals surface area contributed by atoms with Crippen molar-refractivity contribution in [1.29, 1.82) is 0 Å². The zero-order valence-electron chi connectivity index (χ0n) is 14.1. The summed E-state index contributed by atoms with van der Waals surface area (Å²) in [5.41, 5.74) is 0.676. The van der Waals surface area contributed by atoms with Gasteiger partial charge in [-0.2, -0.15) is 0 Å². The summed E-state index contributed by atoms with van der Waals surface area (Å²) in [5.74, 6) is -2.35. The standard InChI is InChI=1S/C19H20N2O4/c1-13(2)17(19(24)25)21(18(23)15-9-6-10-20-11-15)12-16(22)14-7-4-3-5-8-14/h3-11,13,17H,12H2,1-2H3,(H,24,25)/t17-/m1/s1. The van der Waals surface area contributed by atoms with E-state index in [9.17, 15) is 19.5 Å². The van der Waals surface area contributed by atoms with E-state index in [1.54, 1.807) is 56.3 Å². The monoisotopic (exact) mass is 340 g/mol. The second-order valence-corrected chi connectivity index (χ2v) is 5.99. The lowest BCUT2D eigenvalue weighted by atomic mass is 10.00. The van der Waals surface area contributed by atoms with Gasteiger partial charge in [0.05, 0.1) is 12.1 Å². The Bertz CT molecular complexity index is 745. The van der Waals surface area contributed by atoms with Crippen LogP contribution in [0, 0.1) is 5.92 Å². The molecule has 0 saturated heterocycles. The summed E-state index contributed by atoms with van der Waals surface area (Å²) in [6.07, 6.45) is 2.88. The van der Waals surface area contributed by atoms with E-state index in [2.05, 4.69) is 4.98 Å². The number of benzene rings is 1. The molecule has 1 N–H and O–H groups in total. The second-order valence-electron chi connectivity index (χ2n) is 5.99. The highest BCUT2D eigenvalue weighted by atomic mass is 16.4. The molecule has 2 rings (SSSR count). The number of ketones is 1. The maximum atomic E-state index is 12.8. The topological polar surface area (TPSA) is 87.6 Å². The molecule has 0 bridgehead atoms. The average molecular weight is 340 g/mol. The number of carbonyl (C=O) groups is 3. The van der Waals surface area contributed by atoms with Gasteiger partial charge in [-0.1, -0.05) is 44.2 Å². The molecule has 0 fully saturated rings. The van der Waals surface area contributed by atoms with Crippen molar-refractivity contribution in [1.82, 2.24) is 9.88 Å². The molecule has 6 nitrogen and oxygen atoms in total. The molecule has 1 amide bonds. The molecule has 0 radical (unpaired) electrons. The summed E-state index contributed by atoms with van der Waals surface area (Å²) in [6, 6.07) is 10.5. The van der Waals surface area contributed by atoms with Gasteiger partial charge in [-0.15, -0.1) is 0 Å². The van der Waals surface area contributed by atoms with E-state index in [0.29, 0.717) is 5.56 Å². The first-order chi connectivity index (χ1) is 11.9. The summed E-state index contributed by atoms with van der Waals surface area (Å²) in [6.45, 7) is 3.09. The van der Waals surface area contributed by atoms with Crippen LogP contribution >= 0.6 is 0 Å². The van der Waals surface area contributed by atoms with Crippen LogP contribution in [-0.2, 0) is 4.79 Å². The Labute approximate surface area is 146 Å². The summed E-state index contributed by atoms with van der Waals surface area (Å²) >= 11 is 0. The van der Waals surface area contributed by atoms with Gasteiger partial charge in [0, 0.05) is 18.0 Å². The third-order valence-electron chi connectivity index (χ3n) is 3.80. The maximum absolute atomic E-state index is 12.8. The smallest absolute Gasteiger partial charge is 0.326 e. The normalized spacial score (nSPS) is 11.8. The highest BCUT2D eigenvalue weighted by Gasteiger charge is 2.34. The van der Waals surface area contributed by atoms with Gasteiger partial charge < -0.3 is 10.0 Å². The van der Waals surface area contributed by atoms with Crippen molar-refractivity contribution < 1.29 is 19.5 Å². The largest absolute Gasteiger partial charge is 0.480 e. The molecule has 0 aliphatic rings. The molecule has 130 valence electrons. The SMILES string of the molecule is CC(C)[C@H](C(=O)O)N(CC(=O)c1ccccc1)C(=O)c1cccnc1. The molecule has 6 heteroatoms. The molecule has 1 aromatic carbocycles. The fraction of sp³-hybridized carbons (Fsp3) is 0.263. The number of amides is 1. The van der Waals surface area contributed by atoms with Gasteiger partial charge in [0.2, 0.25) is 0 Å². The van der Waals surface area contributed by atoms with Crippen LogP contribution in [0.1, 0.15) is 34.6 Å². The average Bonchev–Trinajstić information content (AvgIpc) is 2.61. The van der Waals surface area contributed by atoms with Crippen LogP contribution in [0.2, 0.25) is 0 Å². The molecule has 1 atom stereocenters. The minimum atomic E-state index is -1.15. The minimum absolute atomic E-state index is 0.246. The van der Waals surface area contributed by atoms with Crippen LogP contribution < -0.4 is 0 Å². The second kappa shape index (κ2) is 8.19. The number of Topliss-reactive ketones (excluding diaryl/α,β-unsaturated/α-hetero) is 1. The molecule has 25 heavy (non-hydrogen) atoms. The number of pyridine rings is 1. The van der Waals surface area contributed by atoms with Gasteiger partial charge in [0.15, 0.2) is 5.78 Å². The Morgan fingerprint density at radius 2 is 1.68 bits per heavy atom. The van der Waals surface area contributed by atoms with Crippen LogP contribution in [0.5, 0.6) is 0 Å². The fourth-order valence-electron chi connectivity index (χ4n) is 2.60. The summed E-state index contributed by atoms with van der Waals surface area (Å²) < 4.78 is 0. The zero-order valence-corrected chi connectivity index (χ0v) is 14.1.